The third-order valence-electron chi connectivity index (χ3n) is 2.10. The molecule has 10 heteroatoms. The molecule has 3 atom stereocenters. The van der Waals surface area contributed by atoms with E-state index in [1.165, 1.54) is 0 Å². The molecule has 0 heterocycles. The predicted molar refractivity (Wildman–Crippen MR) is 67.6 cm³/mol. The molecule has 0 aromatic carbocycles. The maximum atomic E-state index is 11.8. The summed E-state index contributed by atoms with van der Waals surface area (Å²) in [6.45, 7) is -2.27. The molecule has 0 aliphatic carbocycles. The first-order valence-electron chi connectivity index (χ1n) is 5.26. The first-order chi connectivity index (χ1) is 8.81. The highest BCUT2D eigenvalue weighted by molar-refractivity contribution is 8.34. The van der Waals surface area contributed by atoms with Crippen LogP contribution in [0.15, 0.2) is 0 Å². The third-order valence-corrected chi connectivity index (χ3v) is 4.22. The smallest absolute Gasteiger partial charge is 0.367 e. The molecule has 9 nitrogen and oxygen atoms in total. The van der Waals surface area contributed by atoms with Crippen LogP contribution in [0.3, 0.4) is 0 Å². The van der Waals surface area contributed by atoms with Crippen LogP contribution < -0.4 is 17.2 Å². The van der Waals surface area contributed by atoms with Gasteiger partial charge in [-0.2, -0.15) is 0 Å². The molecule has 0 saturated carbocycles. The van der Waals surface area contributed by atoms with E-state index in [0.29, 0.717) is 0 Å². The van der Waals surface area contributed by atoms with Crippen molar-refractivity contribution in [3.8, 4) is 0 Å². The Kier molecular flexibility index (Phi) is 7.94. The van der Waals surface area contributed by atoms with Crippen molar-refractivity contribution in [1.29, 1.82) is 0 Å². The standard InChI is InChI=1S/C9H18N3O6S/c10-4(1-13)7(16)19(8(17)5(11)2-14)9(18)6(12)3-15/h4-6,13-15H,1-3,10-12H2/q+1/t4-,5-,6-/m0/s1. The van der Waals surface area contributed by atoms with Crippen LogP contribution in [-0.4, -0.2) is 68.6 Å². The molecule has 110 valence electrons. The van der Waals surface area contributed by atoms with Gasteiger partial charge in [-0.15, -0.1) is 0 Å². The second-order valence-electron chi connectivity index (χ2n) is 3.63. The fourth-order valence-corrected chi connectivity index (χ4v) is 2.70. The Labute approximate surface area is 112 Å². The van der Waals surface area contributed by atoms with Gasteiger partial charge in [-0.1, -0.05) is 0 Å². The molecule has 9 N–H and O–H groups in total. The minimum absolute atomic E-state index is 0.758. The van der Waals surface area contributed by atoms with Crippen LogP contribution >= 0.6 is 0 Å². The van der Waals surface area contributed by atoms with E-state index >= 15 is 0 Å². The van der Waals surface area contributed by atoms with Gasteiger partial charge in [0, 0.05) is 0 Å². The van der Waals surface area contributed by atoms with Crippen molar-refractivity contribution in [3.63, 3.8) is 0 Å². The van der Waals surface area contributed by atoms with Crippen molar-refractivity contribution in [3.05, 3.63) is 0 Å². The Morgan fingerprint density at radius 3 is 1.11 bits per heavy atom. The summed E-state index contributed by atoms with van der Waals surface area (Å²) in [6, 6.07) is -4.31. The number of hydrogen-bond acceptors (Lipinski definition) is 9. The number of carbonyl (C=O) groups is 3. The van der Waals surface area contributed by atoms with Crippen molar-refractivity contribution in [2.24, 2.45) is 17.2 Å². The van der Waals surface area contributed by atoms with E-state index in [1.807, 2.05) is 0 Å². The SMILES string of the molecule is N[C@@H](CO)C(=O)[S+](C(=O)[C@@H](N)CO)C(=O)[C@@H](N)CO. The van der Waals surface area contributed by atoms with Crippen molar-refractivity contribution in [2.75, 3.05) is 19.8 Å². The van der Waals surface area contributed by atoms with Crippen LogP contribution in [0.5, 0.6) is 0 Å². The van der Waals surface area contributed by atoms with Crippen LogP contribution in [0.4, 0.5) is 0 Å². The molecule has 0 bridgehead atoms. The molecule has 0 radical (unpaired) electrons. The normalized spacial score (nSPS) is 15.9. The van der Waals surface area contributed by atoms with E-state index in [1.54, 1.807) is 0 Å². The summed E-state index contributed by atoms with van der Waals surface area (Å²) >= 11 is 0. The van der Waals surface area contributed by atoms with Crippen LogP contribution in [0.2, 0.25) is 0 Å². The Morgan fingerprint density at radius 1 is 0.737 bits per heavy atom. The average molecular weight is 296 g/mol. The third kappa shape index (κ3) is 4.62. The van der Waals surface area contributed by atoms with Crippen molar-refractivity contribution < 1.29 is 29.7 Å². The fraction of sp³-hybridized carbons (Fsp3) is 0.667. The number of aliphatic hydroxyl groups is 3. The van der Waals surface area contributed by atoms with Gasteiger partial charge >= 0.3 is 15.3 Å². The average Bonchev–Trinajstić information content (AvgIpc) is 2.43. The van der Waals surface area contributed by atoms with Crippen LogP contribution in [0, 0.1) is 0 Å². The number of carbonyl (C=O) groups excluding carboxylic acids is 3. The lowest BCUT2D eigenvalue weighted by atomic mass is 10.4. The van der Waals surface area contributed by atoms with Crippen LogP contribution in [0.1, 0.15) is 0 Å². The molecule has 0 spiro atoms. The minimum atomic E-state index is -2.22. The van der Waals surface area contributed by atoms with Gasteiger partial charge in [-0.3, -0.25) is 0 Å². The molecule has 19 heavy (non-hydrogen) atoms. The van der Waals surface area contributed by atoms with E-state index < -0.39 is 64.2 Å². The summed E-state index contributed by atoms with van der Waals surface area (Å²) in [7, 11) is -2.22. The number of hydrogen-bond donors (Lipinski definition) is 6. The van der Waals surface area contributed by atoms with E-state index in [0.717, 1.165) is 0 Å². The van der Waals surface area contributed by atoms with E-state index in [-0.39, 0.29) is 0 Å². The quantitative estimate of drug-likeness (QED) is 0.261. The lowest BCUT2D eigenvalue weighted by Crippen LogP contribution is -2.54. The minimum Gasteiger partial charge on any atom is -0.394 e. The second kappa shape index (κ2) is 8.32. The van der Waals surface area contributed by atoms with Gasteiger partial charge in [-0.25, -0.2) is 14.4 Å². The zero-order chi connectivity index (χ0) is 15.2. The molecule has 0 aromatic heterocycles. The van der Waals surface area contributed by atoms with E-state index in [9.17, 15) is 14.4 Å². The van der Waals surface area contributed by atoms with Crippen LogP contribution in [0.25, 0.3) is 0 Å². The lowest BCUT2D eigenvalue weighted by Gasteiger charge is -2.11. The van der Waals surface area contributed by atoms with Gasteiger partial charge in [0.25, 0.3) is 0 Å². The molecule has 0 rings (SSSR count). The number of aliphatic hydroxyl groups excluding tert-OH is 3. The lowest BCUT2D eigenvalue weighted by molar-refractivity contribution is -0.117. The summed E-state index contributed by atoms with van der Waals surface area (Å²) in [5, 5.41) is 23.3. The highest BCUT2D eigenvalue weighted by Gasteiger charge is 2.52. The molecule has 0 aliphatic heterocycles. The van der Waals surface area contributed by atoms with Crippen LogP contribution in [-0.2, 0) is 25.3 Å². The molecule has 0 amide bonds. The largest absolute Gasteiger partial charge is 0.394 e. The molecule has 0 fully saturated rings. The number of rotatable bonds is 6. The maximum absolute atomic E-state index is 11.8. The topological polar surface area (TPSA) is 190 Å². The van der Waals surface area contributed by atoms with Crippen molar-refractivity contribution >= 4 is 26.2 Å². The highest BCUT2D eigenvalue weighted by Crippen LogP contribution is 2.09. The molecule has 0 saturated heterocycles. The first kappa shape index (κ1) is 18.1. The number of nitrogens with two attached hydrogens (primary N) is 3. The first-order valence-corrected chi connectivity index (χ1v) is 6.49. The Morgan fingerprint density at radius 2 is 0.947 bits per heavy atom. The molecule has 0 unspecified atom stereocenters. The maximum Gasteiger partial charge on any atom is 0.367 e. The summed E-state index contributed by atoms with van der Waals surface area (Å²) in [5.74, 6) is 0. The molecular formula is C9H18N3O6S+. The molecular weight excluding hydrogens is 278 g/mol. The van der Waals surface area contributed by atoms with Crippen molar-refractivity contribution in [2.45, 2.75) is 18.1 Å². The second-order valence-corrected chi connectivity index (χ2v) is 5.45. The van der Waals surface area contributed by atoms with E-state index in [2.05, 4.69) is 0 Å². The Bertz CT molecular complexity index is 301. The van der Waals surface area contributed by atoms with Gasteiger partial charge in [0.05, 0.1) is 19.8 Å². The highest BCUT2D eigenvalue weighted by atomic mass is 32.2. The molecule has 0 aromatic rings. The van der Waals surface area contributed by atoms with Gasteiger partial charge < -0.3 is 32.5 Å². The summed E-state index contributed by atoms with van der Waals surface area (Å²) in [5.41, 5.74) is 15.8. The van der Waals surface area contributed by atoms with Gasteiger partial charge in [0.15, 0.2) is 0 Å². The van der Waals surface area contributed by atoms with E-state index in [4.69, 9.17) is 32.5 Å². The Hall–Kier alpha value is -0.880. The predicted octanol–water partition coefficient (Wildman–Crippen LogP) is -4.86. The zero-order valence-corrected chi connectivity index (χ0v) is 10.9. The van der Waals surface area contributed by atoms with Gasteiger partial charge in [0.1, 0.15) is 18.1 Å². The summed E-state index contributed by atoms with van der Waals surface area (Å²) in [4.78, 5) is 35.4. The summed E-state index contributed by atoms with van der Waals surface area (Å²) in [6.07, 6.45) is 0. The summed E-state index contributed by atoms with van der Waals surface area (Å²) < 4.78 is 0. The van der Waals surface area contributed by atoms with Gasteiger partial charge in [0.2, 0.25) is 10.9 Å². The molecule has 0 aliphatic rings. The zero-order valence-electron chi connectivity index (χ0n) is 10.1. The van der Waals surface area contributed by atoms with Crippen molar-refractivity contribution in [1.82, 2.24) is 0 Å². The fourth-order valence-electron chi connectivity index (χ4n) is 0.975. The monoisotopic (exact) mass is 296 g/mol. The Balaban J connectivity index is 5.31. The van der Waals surface area contributed by atoms with Gasteiger partial charge in [-0.05, 0) is 0 Å².